The van der Waals surface area contributed by atoms with Crippen molar-refractivity contribution in [2.24, 2.45) is 0 Å². The zero-order valence-electron chi connectivity index (χ0n) is 12.5. The van der Waals surface area contributed by atoms with Gasteiger partial charge in [0.15, 0.2) is 11.8 Å². The molecule has 3 aromatic rings. The Bertz CT molecular complexity index is 1030. The van der Waals surface area contributed by atoms with Gasteiger partial charge in [-0.25, -0.2) is 9.97 Å². The number of oxazole rings is 1. The molecular weight excluding hydrogens is 332 g/mol. The summed E-state index contributed by atoms with van der Waals surface area (Å²) in [4.78, 5) is 35.3. The molecule has 0 spiro atoms. The van der Waals surface area contributed by atoms with Gasteiger partial charge in [0.1, 0.15) is 17.8 Å². The van der Waals surface area contributed by atoms with E-state index in [2.05, 4.69) is 15.0 Å². The molecule has 2 aromatic heterocycles. The summed E-state index contributed by atoms with van der Waals surface area (Å²) in [6, 6.07) is 6.45. The summed E-state index contributed by atoms with van der Waals surface area (Å²) in [6.45, 7) is 1.83. The number of rotatable bonds is 4. The van der Waals surface area contributed by atoms with E-state index in [9.17, 15) is 14.9 Å². The highest BCUT2D eigenvalue weighted by Gasteiger charge is 2.27. The number of halogens is 1. The second-order valence-corrected chi connectivity index (χ2v) is 5.46. The molecular formula is C16H11ClN4O3. The predicted octanol–water partition coefficient (Wildman–Crippen LogP) is 2.62. The average Bonchev–Trinajstić information content (AvgIpc) is 3.04. The van der Waals surface area contributed by atoms with Crippen molar-refractivity contribution in [2.45, 2.75) is 19.3 Å². The highest BCUT2D eigenvalue weighted by atomic mass is 35.5. The molecule has 0 fully saturated rings. The van der Waals surface area contributed by atoms with Crippen LogP contribution in [0.2, 0.25) is 5.02 Å². The Kier molecular flexibility index (Phi) is 4.15. The average molecular weight is 343 g/mol. The van der Waals surface area contributed by atoms with Gasteiger partial charge in [0.2, 0.25) is 5.78 Å². The summed E-state index contributed by atoms with van der Waals surface area (Å²) in [7, 11) is 0. The number of hydrogen-bond donors (Lipinski definition) is 1. The molecule has 3 rings (SSSR count). The number of ketones is 1. The lowest BCUT2D eigenvalue weighted by Gasteiger charge is -2.07. The van der Waals surface area contributed by atoms with E-state index in [-0.39, 0.29) is 11.5 Å². The van der Waals surface area contributed by atoms with Gasteiger partial charge in [-0.15, -0.1) is 0 Å². The number of aromatic nitrogens is 3. The minimum atomic E-state index is -1.30. The molecule has 120 valence electrons. The smallest absolute Gasteiger partial charge is 0.258 e. The number of benzene rings is 1. The van der Waals surface area contributed by atoms with Crippen LogP contribution in [-0.4, -0.2) is 20.7 Å². The number of carbonyl (C=O) groups is 1. The van der Waals surface area contributed by atoms with Gasteiger partial charge in [0.05, 0.1) is 17.0 Å². The van der Waals surface area contributed by atoms with E-state index in [1.54, 1.807) is 6.07 Å². The van der Waals surface area contributed by atoms with Gasteiger partial charge in [-0.05, 0) is 18.2 Å². The van der Waals surface area contributed by atoms with E-state index < -0.39 is 17.3 Å². The summed E-state index contributed by atoms with van der Waals surface area (Å²) < 4.78 is 5.12. The van der Waals surface area contributed by atoms with Crippen LogP contribution in [0.1, 0.15) is 35.0 Å². The maximum absolute atomic E-state index is 12.5. The molecule has 1 aromatic carbocycles. The second-order valence-electron chi connectivity index (χ2n) is 5.02. The monoisotopic (exact) mass is 342 g/mol. The molecule has 24 heavy (non-hydrogen) atoms. The number of aryl methyl sites for hydroxylation is 1. The van der Waals surface area contributed by atoms with E-state index in [0.29, 0.717) is 28.2 Å². The first kappa shape index (κ1) is 15.9. The van der Waals surface area contributed by atoms with Crippen molar-refractivity contribution in [3.05, 3.63) is 57.2 Å². The van der Waals surface area contributed by atoms with Gasteiger partial charge >= 0.3 is 0 Å². The predicted molar refractivity (Wildman–Crippen MR) is 85.9 cm³/mol. The fourth-order valence-corrected chi connectivity index (χ4v) is 2.41. The van der Waals surface area contributed by atoms with Crippen molar-refractivity contribution in [3.63, 3.8) is 0 Å². The summed E-state index contributed by atoms with van der Waals surface area (Å²) >= 11 is 5.91. The maximum atomic E-state index is 12.5. The molecule has 0 amide bonds. The summed E-state index contributed by atoms with van der Waals surface area (Å²) in [5, 5.41) is 10.1. The van der Waals surface area contributed by atoms with Gasteiger partial charge in [-0.2, -0.15) is 5.26 Å². The first-order valence-electron chi connectivity index (χ1n) is 7.11. The molecule has 0 radical (unpaired) electrons. The highest BCUT2D eigenvalue weighted by Crippen LogP contribution is 2.20. The standard InChI is InChI=1S/C16H11ClN4O3/c1-2-13-19-12(7-24-13)14(22)10(6-18)15-20-11-5-8(17)3-4-9(11)16(23)21-15/h3-5,7,10H,2H2,1H3,(H,20,21,23). The number of Topliss-reactive ketones (excluding diaryl/α,β-unsaturated/α-hetero) is 1. The van der Waals surface area contributed by atoms with Crippen molar-refractivity contribution >= 4 is 28.3 Å². The van der Waals surface area contributed by atoms with Crippen LogP contribution in [0.5, 0.6) is 0 Å². The molecule has 0 aliphatic carbocycles. The molecule has 7 nitrogen and oxygen atoms in total. The number of carbonyl (C=O) groups excluding carboxylic acids is 1. The van der Waals surface area contributed by atoms with Crippen LogP contribution in [0.25, 0.3) is 10.9 Å². The molecule has 1 atom stereocenters. The fourth-order valence-electron chi connectivity index (χ4n) is 2.25. The van der Waals surface area contributed by atoms with Gasteiger partial charge in [-0.3, -0.25) is 9.59 Å². The lowest BCUT2D eigenvalue weighted by atomic mass is 10.0. The van der Waals surface area contributed by atoms with E-state index >= 15 is 0 Å². The van der Waals surface area contributed by atoms with Crippen molar-refractivity contribution in [1.29, 1.82) is 5.26 Å². The van der Waals surface area contributed by atoms with Crippen molar-refractivity contribution < 1.29 is 9.21 Å². The van der Waals surface area contributed by atoms with Crippen LogP contribution in [0, 0.1) is 11.3 Å². The maximum Gasteiger partial charge on any atom is 0.258 e. The third-order valence-electron chi connectivity index (χ3n) is 3.46. The minimum absolute atomic E-state index is 0.0206. The quantitative estimate of drug-likeness (QED) is 0.729. The normalized spacial score (nSPS) is 12.0. The molecule has 0 saturated heterocycles. The molecule has 1 unspecified atom stereocenters. The minimum Gasteiger partial charge on any atom is -0.448 e. The Balaban J connectivity index is 2.08. The number of aromatic amines is 1. The van der Waals surface area contributed by atoms with Crippen LogP contribution in [-0.2, 0) is 6.42 Å². The van der Waals surface area contributed by atoms with E-state index in [4.69, 9.17) is 16.0 Å². The number of nitriles is 1. The van der Waals surface area contributed by atoms with Crippen molar-refractivity contribution in [3.8, 4) is 6.07 Å². The van der Waals surface area contributed by atoms with Crippen LogP contribution in [0.15, 0.2) is 33.7 Å². The van der Waals surface area contributed by atoms with Crippen molar-refractivity contribution in [2.75, 3.05) is 0 Å². The van der Waals surface area contributed by atoms with Crippen LogP contribution < -0.4 is 5.56 Å². The van der Waals surface area contributed by atoms with Gasteiger partial charge in [0, 0.05) is 11.4 Å². The Morgan fingerprint density at radius 3 is 2.92 bits per heavy atom. The first-order chi connectivity index (χ1) is 11.5. The lowest BCUT2D eigenvalue weighted by molar-refractivity contribution is 0.0971. The fraction of sp³-hybridized carbons (Fsp3) is 0.188. The Morgan fingerprint density at radius 2 is 2.25 bits per heavy atom. The Morgan fingerprint density at radius 1 is 1.46 bits per heavy atom. The summed E-state index contributed by atoms with van der Waals surface area (Å²) in [5.74, 6) is -1.55. The zero-order valence-corrected chi connectivity index (χ0v) is 13.3. The molecule has 8 heteroatoms. The van der Waals surface area contributed by atoms with Crippen LogP contribution in [0.3, 0.4) is 0 Å². The summed E-state index contributed by atoms with van der Waals surface area (Å²) in [6.07, 6.45) is 1.72. The van der Waals surface area contributed by atoms with E-state index in [1.807, 2.05) is 13.0 Å². The number of nitrogens with one attached hydrogen (secondary N) is 1. The second kappa shape index (κ2) is 6.26. The molecule has 0 aliphatic heterocycles. The number of fused-ring (bicyclic) bond motifs is 1. The highest BCUT2D eigenvalue weighted by molar-refractivity contribution is 6.31. The molecule has 0 aliphatic rings. The van der Waals surface area contributed by atoms with Crippen molar-refractivity contribution in [1.82, 2.24) is 15.0 Å². The Hall–Kier alpha value is -2.98. The molecule has 2 heterocycles. The topological polar surface area (TPSA) is 113 Å². The van der Waals surface area contributed by atoms with Crippen LogP contribution in [0.4, 0.5) is 0 Å². The summed E-state index contributed by atoms with van der Waals surface area (Å²) in [5.41, 5.74) is -0.120. The zero-order chi connectivity index (χ0) is 17.3. The van der Waals surface area contributed by atoms with E-state index in [0.717, 1.165) is 0 Å². The number of H-pyrrole nitrogens is 1. The third-order valence-corrected chi connectivity index (χ3v) is 3.69. The van der Waals surface area contributed by atoms with Crippen LogP contribution >= 0.6 is 11.6 Å². The SMILES string of the molecule is CCc1nc(C(=O)C(C#N)c2nc3cc(Cl)ccc3c(=O)[nH]2)co1. The Labute approximate surface area is 140 Å². The molecule has 0 bridgehead atoms. The van der Waals surface area contributed by atoms with Gasteiger partial charge in [0.25, 0.3) is 5.56 Å². The third kappa shape index (κ3) is 2.79. The lowest BCUT2D eigenvalue weighted by Crippen LogP contribution is -2.20. The number of hydrogen-bond acceptors (Lipinski definition) is 6. The van der Waals surface area contributed by atoms with Gasteiger partial charge in [-0.1, -0.05) is 18.5 Å². The van der Waals surface area contributed by atoms with Gasteiger partial charge < -0.3 is 9.40 Å². The first-order valence-corrected chi connectivity index (χ1v) is 7.49. The van der Waals surface area contributed by atoms with E-state index in [1.165, 1.54) is 18.4 Å². The largest absolute Gasteiger partial charge is 0.448 e. The molecule has 0 saturated carbocycles. The number of nitrogens with zero attached hydrogens (tertiary/aromatic N) is 3. The molecule has 1 N–H and O–H groups in total.